The van der Waals surface area contributed by atoms with Crippen molar-refractivity contribution in [2.45, 2.75) is 174 Å². The Morgan fingerprint density at radius 3 is 2.04 bits per heavy atom. The maximum atomic E-state index is 11.1. The summed E-state index contributed by atoms with van der Waals surface area (Å²) in [5.74, 6) is 1.83. The molecule has 0 heterocycles. The average molecular weight is 659 g/mol. The second-order valence-electron chi connectivity index (χ2n) is 16.2. The van der Waals surface area contributed by atoms with Gasteiger partial charge in [0.05, 0.1) is 17.8 Å². The van der Waals surface area contributed by atoms with Crippen LogP contribution in [-0.4, -0.2) is 50.3 Å². The maximum Gasteiger partial charge on any atom is 0.193 e. The molecule has 0 aromatic rings. The van der Waals surface area contributed by atoms with Crippen molar-refractivity contribution in [3.63, 3.8) is 0 Å². The topological polar surface area (TPSA) is 58.9 Å². The first-order valence-corrected chi connectivity index (χ1v) is 24.5. The van der Waals surface area contributed by atoms with E-state index >= 15 is 0 Å². The summed E-state index contributed by atoms with van der Waals surface area (Å²) in [7, 11) is -3.60. The van der Waals surface area contributed by atoms with Crippen LogP contribution in [0.4, 0.5) is 0 Å². The number of fused-ring (bicyclic) bond motifs is 1. The van der Waals surface area contributed by atoms with Gasteiger partial charge in [0.15, 0.2) is 16.6 Å². The van der Waals surface area contributed by atoms with Crippen LogP contribution in [-0.2, 0) is 8.85 Å². The van der Waals surface area contributed by atoms with Gasteiger partial charge in [0.1, 0.15) is 5.60 Å². The predicted molar refractivity (Wildman–Crippen MR) is 197 cm³/mol. The molecule has 4 nitrogen and oxygen atoms in total. The van der Waals surface area contributed by atoms with Crippen LogP contribution in [0.25, 0.3) is 0 Å². The van der Waals surface area contributed by atoms with E-state index in [2.05, 4.69) is 105 Å². The first-order chi connectivity index (χ1) is 21.1. The lowest BCUT2D eigenvalue weighted by Gasteiger charge is -2.46. The van der Waals surface area contributed by atoms with E-state index in [9.17, 15) is 10.2 Å². The van der Waals surface area contributed by atoms with Gasteiger partial charge in [0.25, 0.3) is 0 Å². The van der Waals surface area contributed by atoms with Crippen LogP contribution in [0.1, 0.15) is 113 Å². The predicted octanol–water partition coefficient (Wildman–Crippen LogP) is 10.5. The largest absolute Gasteiger partial charge is 0.408 e. The van der Waals surface area contributed by atoms with Crippen LogP contribution in [0.15, 0.2) is 47.6 Å². The zero-order valence-electron chi connectivity index (χ0n) is 31.0. The molecule has 0 aromatic carbocycles. The highest BCUT2D eigenvalue weighted by Gasteiger charge is 2.51. The van der Waals surface area contributed by atoms with E-state index in [1.165, 1.54) is 50.2 Å². The first-order valence-electron chi connectivity index (χ1n) is 18.6. The molecule has 6 atom stereocenters. The fourth-order valence-corrected chi connectivity index (χ4v) is 13.9. The highest BCUT2D eigenvalue weighted by atomic mass is 28.4. The van der Waals surface area contributed by atoms with Gasteiger partial charge in [-0.25, -0.2) is 0 Å². The Labute approximate surface area is 280 Å². The molecule has 3 aliphatic rings. The molecule has 0 aliphatic heterocycles. The first kappa shape index (κ1) is 38.7. The number of allylic oxidation sites excluding steroid dienone is 6. The van der Waals surface area contributed by atoms with Crippen molar-refractivity contribution >= 4 is 16.6 Å². The highest BCUT2D eigenvalue weighted by molar-refractivity contribution is 6.73. The van der Waals surface area contributed by atoms with E-state index < -0.39 is 34.4 Å². The molecule has 0 aromatic heterocycles. The lowest BCUT2D eigenvalue weighted by Crippen LogP contribution is -2.58. The zero-order chi connectivity index (χ0) is 33.7. The Morgan fingerprint density at radius 1 is 0.911 bits per heavy atom. The van der Waals surface area contributed by atoms with Gasteiger partial charge in [-0.1, -0.05) is 96.1 Å². The zero-order valence-corrected chi connectivity index (χ0v) is 33.0. The molecule has 2 N–H and O–H groups in total. The molecule has 6 heteroatoms. The summed E-state index contributed by atoms with van der Waals surface area (Å²) in [4.78, 5) is 0. The van der Waals surface area contributed by atoms with Crippen LogP contribution < -0.4 is 0 Å². The summed E-state index contributed by atoms with van der Waals surface area (Å²) in [6, 6.07) is 3.57. The monoisotopic (exact) mass is 658 g/mol. The number of aliphatic hydroxyl groups excluding tert-OH is 2. The summed E-state index contributed by atoms with van der Waals surface area (Å²) >= 11 is 0. The SMILES string of the molecule is CCC(/C=C/C=C/[C@@H](C)C1CCC2/C(=C/C=C3C[C@@H](O)C(C)(O[Si](C)(C)C)[C@H](O)C3)CCCC21C)(CC)O[Si](CC)(CC)CC. The fourth-order valence-electron chi connectivity index (χ4n) is 9.17. The quantitative estimate of drug-likeness (QED) is 0.144. The molecule has 3 saturated carbocycles. The van der Waals surface area contributed by atoms with Gasteiger partial charge in [-0.15, -0.1) is 0 Å². The Kier molecular flexibility index (Phi) is 13.4. The third-order valence-corrected chi connectivity index (χ3v) is 18.2. The Hall–Kier alpha value is -0.766. The Morgan fingerprint density at radius 2 is 1.51 bits per heavy atom. The van der Waals surface area contributed by atoms with Crippen LogP contribution in [0.5, 0.6) is 0 Å². The van der Waals surface area contributed by atoms with Gasteiger partial charge in [-0.2, -0.15) is 0 Å². The minimum absolute atomic E-state index is 0.145. The summed E-state index contributed by atoms with van der Waals surface area (Å²) in [6.45, 7) is 24.8. The van der Waals surface area contributed by atoms with E-state index in [-0.39, 0.29) is 5.60 Å². The van der Waals surface area contributed by atoms with Crippen LogP contribution in [0, 0.1) is 23.2 Å². The van der Waals surface area contributed by atoms with E-state index in [0.29, 0.717) is 36.0 Å². The van der Waals surface area contributed by atoms with Crippen LogP contribution in [0.2, 0.25) is 37.8 Å². The molecule has 0 amide bonds. The van der Waals surface area contributed by atoms with Crippen molar-refractivity contribution < 1.29 is 19.1 Å². The number of hydrogen-bond acceptors (Lipinski definition) is 4. The summed E-state index contributed by atoms with van der Waals surface area (Å²) < 4.78 is 13.4. The van der Waals surface area contributed by atoms with E-state index in [1.54, 1.807) is 5.57 Å². The molecule has 3 fully saturated rings. The molecular formula is C39H70O4Si2. The number of aliphatic hydroxyl groups is 2. The Bertz CT molecular complexity index is 1050. The van der Waals surface area contributed by atoms with Crippen molar-refractivity contribution in [2.24, 2.45) is 23.2 Å². The second-order valence-corrected chi connectivity index (χ2v) is 25.3. The van der Waals surface area contributed by atoms with Gasteiger partial charge in [0.2, 0.25) is 0 Å². The van der Waals surface area contributed by atoms with E-state index in [4.69, 9.17) is 8.85 Å². The number of hydrogen-bond donors (Lipinski definition) is 2. The lowest BCUT2D eigenvalue weighted by molar-refractivity contribution is -0.133. The van der Waals surface area contributed by atoms with Crippen LogP contribution in [0.3, 0.4) is 0 Å². The average Bonchev–Trinajstić information content (AvgIpc) is 3.36. The molecule has 0 saturated heterocycles. The minimum Gasteiger partial charge on any atom is -0.408 e. The minimum atomic E-state index is -1.91. The van der Waals surface area contributed by atoms with Gasteiger partial charge >= 0.3 is 0 Å². The van der Waals surface area contributed by atoms with Gasteiger partial charge in [-0.05, 0) is 126 Å². The standard InChI is InChI=1S/C39H70O4Si2/c1-12-39(13-2,43-45(14-3,15-4)16-5)27-18-17-20-30(6)33-24-25-34-32(21-19-26-37(33,34)7)23-22-31-28-35(40)38(8,36(41)29-31)42-44(9,10)11/h17-18,20,22-23,27,30,33-36,40-41H,12-16,19,21,24-26,28-29H2,1-11H3/b20-17+,27-18+,31-22?,32-23+/t30-,33?,34?,35-,36-,37?,38?/m1/s1. The normalized spacial score (nSPS) is 33.4. The third-order valence-electron chi connectivity index (χ3n) is 12.4. The van der Waals surface area contributed by atoms with Crippen molar-refractivity contribution in [3.8, 4) is 0 Å². The second kappa shape index (κ2) is 15.6. The van der Waals surface area contributed by atoms with E-state index in [1.807, 2.05) is 6.92 Å². The van der Waals surface area contributed by atoms with Crippen molar-refractivity contribution in [1.82, 2.24) is 0 Å². The van der Waals surface area contributed by atoms with Gasteiger partial charge in [-0.3, -0.25) is 0 Å². The maximum absolute atomic E-state index is 11.1. The number of rotatable bonds is 14. The summed E-state index contributed by atoms with van der Waals surface area (Å²) in [5, 5.41) is 22.1. The van der Waals surface area contributed by atoms with E-state index in [0.717, 1.165) is 18.4 Å². The molecule has 45 heavy (non-hydrogen) atoms. The molecule has 258 valence electrons. The highest BCUT2D eigenvalue weighted by Crippen LogP contribution is 2.59. The molecule has 0 radical (unpaired) electrons. The Balaban J connectivity index is 1.71. The molecule has 3 rings (SSSR count). The van der Waals surface area contributed by atoms with Crippen molar-refractivity contribution in [2.75, 3.05) is 0 Å². The summed E-state index contributed by atoms with van der Waals surface area (Å²) in [6.07, 6.45) is 22.1. The fraction of sp³-hybridized carbons (Fsp3) is 0.795. The van der Waals surface area contributed by atoms with Crippen LogP contribution >= 0.6 is 0 Å². The molecular weight excluding hydrogens is 589 g/mol. The smallest absolute Gasteiger partial charge is 0.193 e. The van der Waals surface area contributed by atoms with Gasteiger partial charge in [0, 0.05) is 0 Å². The molecule has 0 spiro atoms. The summed E-state index contributed by atoms with van der Waals surface area (Å²) in [5.41, 5.74) is 2.01. The van der Waals surface area contributed by atoms with Crippen molar-refractivity contribution in [1.29, 1.82) is 0 Å². The third kappa shape index (κ3) is 8.83. The molecule has 0 bridgehead atoms. The lowest BCUT2D eigenvalue weighted by atomic mass is 9.61. The molecule has 3 aliphatic carbocycles. The van der Waals surface area contributed by atoms with Crippen molar-refractivity contribution in [3.05, 3.63) is 47.6 Å². The van der Waals surface area contributed by atoms with Gasteiger partial charge < -0.3 is 19.1 Å². The molecule has 3 unspecified atom stereocenters.